The summed E-state index contributed by atoms with van der Waals surface area (Å²) in [4.78, 5) is 25.5. The van der Waals surface area contributed by atoms with Crippen molar-refractivity contribution >= 4 is 39.8 Å². The second-order valence-corrected chi connectivity index (χ2v) is 7.77. The average Bonchev–Trinajstić information content (AvgIpc) is 3.02. The van der Waals surface area contributed by atoms with Crippen LogP contribution >= 0.6 is 22.9 Å². The third kappa shape index (κ3) is 4.58. The molecule has 4 nitrogen and oxygen atoms in total. The van der Waals surface area contributed by atoms with Crippen LogP contribution in [0.4, 0.5) is 9.39 Å². The second kappa shape index (κ2) is 8.54. The lowest BCUT2D eigenvalue weighted by Crippen LogP contribution is -2.26. The van der Waals surface area contributed by atoms with Crippen LogP contribution in [0, 0.1) is 12.7 Å². The van der Waals surface area contributed by atoms with Crippen LogP contribution in [0.1, 0.15) is 44.1 Å². The summed E-state index contributed by atoms with van der Waals surface area (Å²) in [6.45, 7) is 3.72. The quantitative estimate of drug-likeness (QED) is 0.569. The number of nitrogens with one attached hydrogen (secondary N) is 2. The number of amides is 2. The fraction of sp³-hybridized carbons (Fsp3) is 0.143. The highest BCUT2D eigenvalue weighted by atomic mass is 35.5. The number of aryl methyl sites for hydroxylation is 1. The molecule has 1 heterocycles. The van der Waals surface area contributed by atoms with E-state index >= 15 is 0 Å². The summed E-state index contributed by atoms with van der Waals surface area (Å²) in [5, 5.41) is 6.22. The number of carbonyl (C=O) groups is 2. The van der Waals surface area contributed by atoms with Gasteiger partial charge in [0, 0.05) is 0 Å². The van der Waals surface area contributed by atoms with Crippen molar-refractivity contribution in [2.45, 2.75) is 19.9 Å². The minimum Gasteiger partial charge on any atom is -0.345 e. The second-order valence-electron chi connectivity index (χ2n) is 6.31. The summed E-state index contributed by atoms with van der Waals surface area (Å²) in [6.07, 6.45) is 0. The van der Waals surface area contributed by atoms with Crippen molar-refractivity contribution < 1.29 is 14.0 Å². The van der Waals surface area contributed by atoms with Gasteiger partial charge in [0.05, 0.1) is 26.5 Å². The van der Waals surface area contributed by atoms with E-state index in [1.165, 1.54) is 23.5 Å². The Hall–Kier alpha value is -2.70. The van der Waals surface area contributed by atoms with Gasteiger partial charge in [0.25, 0.3) is 11.8 Å². The molecule has 0 saturated heterocycles. The van der Waals surface area contributed by atoms with Crippen molar-refractivity contribution in [3.05, 3.63) is 87.0 Å². The van der Waals surface area contributed by atoms with E-state index in [-0.39, 0.29) is 22.5 Å². The smallest absolute Gasteiger partial charge is 0.262 e. The largest absolute Gasteiger partial charge is 0.345 e. The van der Waals surface area contributed by atoms with E-state index in [0.717, 1.165) is 17.2 Å². The lowest BCUT2D eigenvalue weighted by atomic mass is 10.1. The standard InChI is InChI=1S/C21H18ClFN2O2S/c1-12-10-18(25-20(26)16-9-8-15(23)11-17(16)22)28-19(12)21(27)24-13(2)14-6-4-3-5-7-14/h3-11,13H,1-2H3,(H,24,27)(H,25,26). The molecule has 7 heteroatoms. The molecule has 0 fully saturated rings. The third-order valence-corrected chi connectivity index (χ3v) is 5.65. The molecule has 0 radical (unpaired) electrons. The molecule has 3 rings (SSSR count). The highest BCUT2D eigenvalue weighted by molar-refractivity contribution is 7.18. The van der Waals surface area contributed by atoms with Gasteiger partial charge >= 0.3 is 0 Å². The molecule has 2 N–H and O–H groups in total. The summed E-state index contributed by atoms with van der Waals surface area (Å²) in [6, 6.07) is 14.8. The molecule has 1 aromatic heterocycles. The van der Waals surface area contributed by atoms with Crippen molar-refractivity contribution in [1.29, 1.82) is 0 Å². The van der Waals surface area contributed by atoms with Crippen molar-refractivity contribution in [2.75, 3.05) is 5.32 Å². The fourth-order valence-corrected chi connectivity index (χ4v) is 3.93. The van der Waals surface area contributed by atoms with Crippen LogP contribution in [0.5, 0.6) is 0 Å². The monoisotopic (exact) mass is 416 g/mol. The van der Waals surface area contributed by atoms with Crippen molar-refractivity contribution in [2.24, 2.45) is 0 Å². The first-order valence-electron chi connectivity index (χ1n) is 8.58. The van der Waals surface area contributed by atoms with E-state index in [2.05, 4.69) is 10.6 Å². The van der Waals surface area contributed by atoms with Gasteiger partial charge in [-0.2, -0.15) is 0 Å². The Labute approximate surface area is 171 Å². The van der Waals surface area contributed by atoms with Crippen LogP contribution in [-0.2, 0) is 0 Å². The van der Waals surface area contributed by atoms with E-state index in [1.54, 1.807) is 13.0 Å². The Balaban J connectivity index is 1.72. The van der Waals surface area contributed by atoms with Crippen LogP contribution in [0.3, 0.4) is 0 Å². The van der Waals surface area contributed by atoms with Gasteiger partial charge in [-0.1, -0.05) is 41.9 Å². The first-order valence-corrected chi connectivity index (χ1v) is 9.77. The summed E-state index contributed by atoms with van der Waals surface area (Å²) >= 11 is 7.11. The Morgan fingerprint density at radius 3 is 2.46 bits per heavy atom. The molecule has 3 aromatic rings. The molecule has 0 spiro atoms. The van der Waals surface area contributed by atoms with E-state index in [4.69, 9.17) is 11.6 Å². The zero-order valence-electron chi connectivity index (χ0n) is 15.3. The van der Waals surface area contributed by atoms with E-state index < -0.39 is 11.7 Å². The van der Waals surface area contributed by atoms with Crippen LogP contribution in [0.2, 0.25) is 5.02 Å². The van der Waals surface area contributed by atoms with E-state index in [1.807, 2.05) is 37.3 Å². The number of halogens is 2. The number of anilines is 1. The molecule has 0 saturated carbocycles. The van der Waals surface area contributed by atoms with Crippen molar-refractivity contribution in [1.82, 2.24) is 5.32 Å². The number of hydrogen-bond acceptors (Lipinski definition) is 3. The van der Waals surface area contributed by atoms with E-state index in [9.17, 15) is 14.0 Å². The molecule has 0 aliphatic carbocycles. The van der Waals surface area contributed by atoms with Gasteiger partial charge in [0.15, 0.2) is 0 Å². The molecule has 0 aliphatic heterocycles. The molecule has 0 aliphatic rings. The summed E-state index contributed by atoms with van der Waals surface area (Å²) in [5.41, 5.74) is 1.92. The predicted octanol–water partition coefficient (Wildman–Crippen LogP) is 5.59. The summed E-state index contributed by atoms with van der Waals surface area (Å²) in [5.74, 6) is -1.19. The SMILES string of the molecule is Cc1cc(NC(=O)c2ccc(F)cc2Cl)sc1C(=O)NC(C)c1ccccc1. The molecule has 0 bridgehead atoms. The molecule has 1 atom stereocenters. The van der Waals surface area contributed by atoms with Gasteiger partial charge in [-0.25, -0.2) is 4.39 Å². The van der Waals surface area contributed by atoms with Gasteiger partial charge in [-0.05, 0) is 49.2 Å². The molecular weight excluding hydrogens is 399 g/mol. The van der Waals surface area contributed by atoms with Crippen molar-refractivity contribution in [3.8, 4) is 0 Å². The Morgan fingerprint density at radius 2 is 1.79 bits per heavy atom. The van der Waals surface area contributed by atoms with Gasteiger partial charge in [-0.15, -0.1) is 11.3 Å². The lowest BCUT2D eigenvalue weighted by Gasteiger charge is -2.13. The van der Waals surface area contributed by atoms with Gasteiger partial charge in [-0.3, -0.25) is 9.59 Å². The predicted molar refractivity (Wildman–Crippen MR) is 111 cm³/mol. The molecule has 1 unspecified atom stereocenters. The zero-order chi connectivity index (χ0) is 20.3. The highest BCUT2D eigenvalue weighted by Gasteiger charge is 2.18. The topological polar surface area (TPSA) is 58.2 Å². The first kappa shape index (κ1) is 20.0. The maximum Gasteiger partial charge on any atom is 0.262 e. The minimum absolute atomic E-state index is 0.0282. The van der Waals surface area contributed by atoms with Crippen LogP contribution < -0.4 is 10.6 Å². The molecule has 144 valence electrons. The van der Waals surface area contributed by atoms with Crippen molar-refractivity contribution in [3.63, 3.8) is 0 Å². The summed E-state index contributed by atoms with van der Waals surface area (Å²) in [7, 11) is 0. The normalized spacial score (nSPS) is 11.7. The lowest BCUT2D eigenvalue weighted by molar-refractivity contribution is 0.0942. The zero-order valence-corrected chi connectivity index (χ0v) is 16.8. The number of hydrogen-bond donors (Lipinski definition) is 2. The number of rotatable bonds is 5. The van der Waals surface area contributed by atoms with Gasteiger partial charge < -0.3 is 10.6 Å². The first-order chi connectivity index (χ1) is 13.3. The maximum atomic E-state index is 13.2. The molecule has 2 amide bonds. The van der Waals surface area contributed by atoms with E-state index in [0.29, 0.717) is 9.88 Å². The number of carbonyl (C=O) groups excluding carboxylic acids is 2. The van der Waals surface area contributed by atoms with Crippen LogP contribution in [0.15, 0.2) is 54.6 Å². The van der Waals surface area contributed by atoms with Crippen LogP contribution in [-0.4, -0.2) is 11.8 Å². The third-order valence-electron chi connectivity index (χ3n) is 4.18. The Bertz CT molecular complexity index is 1020. The summed E-state index contributed by atoms with van der Waals surface area (Å²) < 4.78 is 13.2. The highest BCUT2D eigenvalue weighted by Crippen LogP contribution is 2.28. The Kier molecular flexibility index (Phi) is 6.11. The van der Waals surface area contributed by atoms with Gasteiger partial charge in [0.2, 0.25) is 0 Å². The Morgan fingerprint density at radius 1 is 1.07 bits per heavy atom. The van der Waals surface area contributed by atoms with Crippen LogP contribution in [0.25, 0.3) is 0 Å². The minimum atomic E-state index is -0.514. The van der Waals surface area contributed by atoms with Gasteiger partial charge in [0.1, 0.15) is 5.82 Å². The average molecular weight is 417 g/mol. The maximum absolute atomic E-state index is 13.2. The molecular formula is C21H18ClFN2O2S. The molecule has 2 aromatic carbocycles. The molecule has 28 heavy (non-hydrogen) atoms. The number of benzene rings is 2. The fourth-order valence-electron chi connectivity index (χ4n) is 2.71. The number of thiophene rings is 1.